The fraction of sp³-hybridized carbons (Fsp3) is 0.350. The molecule has 0 unspecified atom stereocenters. The summed E-state index contributed by atoms with van der Waals surface area (Å²) in [5.74, 6) is 0.428. The fourth-order valence-corrected chi connectivity index (χ4v) is 5.91. The van der Waals surface area contributed by atoms with E-state index in [2.05, 4.69) is 20.5 Å². The molecule has 0 aliphatic carbocycles. The van der Waals surface area contributed by atoms with Crippen LogP contribution in [0.4, 0.5) is 15.3 Å². The molecule has 0 bridgehead atoms. The highest BCUT2D eigenvalue weighted by Crippen LogP contribution is 2.31. The Balaban J connectivity index is 1.45. The largest absolute Gasteiger partial charge is 0.315 e. The van der Waals surface area contributed by atoms with Crippen molar-refractivity contribution in [3.05, 3.63) is 58.5 Å². The summed E-state index contributed by atoms with van der Waals surface area (Å²) in [6.07, 6.45) is 1.35. The van der Waals surface area contributed by atoms with Crippen LogP contribution in [0.2, 0.25) is 0 Å². The van der Waals surface area contributed by atoms with Crippen LogP contribution in [0, 0.1) is 19.7 Å². The Hall–Kier alpha value is -2.43. The summed E-state index contributed by atoms with van der Waals surface area (Å²) >= 11 is 1.46. The molecule has 10 heteroatoms. The minimum Gasteiger partial charge on any atom is -0.315 e. The van der Waals surface area contributed by atoms with Crippen LogP contribution in [0.25, 0.3) is 0 Å². The van der Waals surface area contributed by atoms with E-state index >= 15 is 0 Å². The number of pyridine rings is 1. The lowest BCUT2D eigenvalue weighted by Crippen LogP contribution is -2.38. The molecule has 0 spiro atoms. The summed E-state index contributed by atoms with van der Waals surface area (Å²) in [5, 5.41) is 12.8. The maximum atomic E-state index is 13.4. The molecule has 1 aliphatic rings. The molecule has 4 rings (SSSR count). The molecule has 0 radical (unpaired) electrons. The number of rotatable bonds is 5. The number of hydrogen-bond acceptors (Lipinski definition) is 7. The maximum Gasteiger partial charge on any atom is 0.243 e. The van der Waals surface area contributed by atoms with Gasteiger partial charge in [0.25, 0.3) is 0 Å². The minimum atomic E-state index is -3.64. The highest BCUT2D eigenvalue weighted by atomic mass is 32.2. The third kappa shape index (κ3) is 4.35. The van der Waals surface area contributed by atoms with E-state index in [0.29, 0.717) is 42.4 Å². The lowest BCUT2D eigenvalue weighted by atomic mass is 9.94. The molecule has 30 heavy (non-hydrogen) atoms. The number of nitrogens with one attached hydrogen (secondary N) is 1. The van der Waals surface area contributed by atoms with E-state index in [4.69, 9.17) is 0 Å². The van der Waals surface area contributed by atoms with E-state index in [0.717, 1.165) is 10.7 Å². The van der Waals surface area contributed by atoms with Crippen LogP contribution in [0.5, 0.6) is 0 Å². The number of hydrogen-bond donors (Lipinski definition) is 1. The van der Waals surface area contributed by atoms with E-state index in [1.807, 2.05) is 25.1 Å². The van der Waals surface area contributed by atoms with E-state index in [-0.39, 0.29) is 10.8 Å². The summed E-state index contributed by atoms with van der Waals surface area (Å²) in [7, 11) is -3.64. The number of sulfonamides is 1. The lowest BCUT2D eigenvalue weighted by Gasteiger charge is -2.31. The molecule has 1 aromatic carbocycles. The molecular weight excluding hydrogens is 425 g/mol. The Labute approximate surface area is 179 Å². The van der Waals surface area contributed by atoms with E-state index in [1.165, 1.54) is 33.8 Å². The van der Waals surface area contributed by atoms with Crippen molar-refractivity contribution < 1.29 is 12.8 Å². The second-order valence-electron chi connectivity index (χ2n) is 7.29. The van der Waals surface area contributed by atoms with Gasteiger partial charge < -0.3 is 5.32 Å². The molecule has 1 N–H and O–H groups in total. The molecule has 1 fully saturated rings. The van der Waals surface area contributed by atoms with Crippen LogP contribution in [0.3, 0.4) is 0 Å². The summed E-state index contributed by atoms with van der Waals surface area (Å²) < 4.78 is 40.8. The quantitative estimate of drug-likeness (QED) is 0.636. The predicted octanol–water partition coefficient (Wildman–Crippen LogP) is 4.00. The number of aryl methyl sites for hydroxylation is 2. The maximum absolute atomic E-state index is 13.4. The SMILES string of the molecule is Cc1nnc(Nc2cccc(C3CCN(S(=O)(=O)c4ccc(F)cc4C)CC3)n2)s1. The van der Waals surface area contributed by atoms with Gasteiger partial charge in [-0.15, -0.1) is 10.2 Å². The highest BCUT2D eigenvalue weighted by Gasteiger charge is 2.31. The topological polar surface area (TPSA) is 88.1 Å². The van der Waals surface area contributed by atoms with E-state index < -0.39 is 15.8 Å². The standard InChI is InChI=1S/C20H22FN5O2S2/c1-13-12-16(21)6-7-18(13)30(27,28)26-10-8-15(9-11-26)17-4-3-5-19(22-17)23-20-25-24-14(2)29-20/h3-7,12,15H,8-11H2,1-2H3,(H,22,23,25). The van der Waals surface area contributed by atoms with Gasteiger partial charge in [-0.3, -0.25) is 0 Å². The summed E-state index contributed by atoms with van der Waals surface area (Å²) in [4.78, 5) is 4.85. The van der Waals surface area contributed by atoms with Gasteiger partial charge in [-0.25, -0.2) is 17.8 Å². The Bertz CT molecular complexity index is 1160. The minimum absolute atomic E-state index is 0.166. The normalized spacial score (nSPS) is 16.0. The fourth-order valence-electron chi connectivity index (χ4n) is 3.64. The van der Waals surface area contributed by atoms with Crippen molar-refractivity contribution in [1.82, 2.24) is 19.5 Å². The van der Waals surface area contributed by atoms with Gasteiger partial charge in [0.05, 0.1) is 4.90 Å². The van der Waals surface area contributed by atoms with Gasteiger partial charge in [-0.05, 0) is 62.6 Å². The smallest absolute Gasteiger partial charge is 0.243 e. The molecule has 0 amide bonds. The first-order valence-corrected chi connectivity index (χ1v) is 11.9. The molecular formula is C20H22FN5O2S2. The third-order valence-corrected chi connectivity index (χ3v) is 7.97. The van der Waals surface area contributed by atoms with Gasteiger partial charge in [0, 0.05) is 24.7 Å². The van der Waals surface area contributed by atoms with Crippen molar-refractivity contribution in [2.24, 2.45) is 0 Å². The Morgan fingerprint density at radius 2 is 1.90 bits per heavy atom. The van der Waals surface area contributed by atoms with E-state index in [1.54, 1.807) is 6.92 Å². The first-order chi connectivity index (χ1) is 14.3. The second-order valence-corrected chi connectivity index (χ2v) is 10.4. The van der Waals surface area contributed by atoms with Crippen LogP contribution in [0.15, 0.2) is 41.3 Å². The zero-order valence-corrected chi connectivity index (χ0v) is 18.3. The molecule has 3 aromatic rings. The van der Waals surface area contributed by atoms with Gasteiger partial charge in [0.2, 0.25) is 15.2 Å². The Kier molecular flexibility index (Phi) is 5.81. The molecule has 1 saturated heterocycles. The number of aromatic nitrogens is 3. The number of benzene rings is 1. The monoisotopic (exact) mass is 447 g/mol. The van der Waals surface area contributed by atoms with Crippen molar-refractivity contribution in [3.8, 4) is 0 Å². The van der Waals surface area contributed by atoms with E-state index in [9.17, 15) is 12.8 Å². The molecule has 1 aliphatic heterocycles. The highest BCUT2D eigenvalue weighted by molar-refractivity contribution is 7.89. The van der Waals surface area contributed by atoms with Gasteiger partial charge in [-0.1, -0.05) is 17.4 Å². The van der Waals surface area contributed by atoms with Gasteiger partial charge in [0.1, 0.15) is 16.6 Å². The third-order valence-electron chi connectivity index (χ3n) is 5.16. The zero-order chi connectivity index (χ0) is 21.3. The first kappa shape index (κ1) is 20.8. The summed E-state index contributed by atoms with van der Waals surface area (Å²) in [5.41, 5.74) is 1.35. The van der Waals surface area contributed by atoms with Crippen LogP contribution in [0.1, 0.15) is 35.0 Å². The van der Waals surface area contributed by atoms with Crippen molar-refractivity contribution in [2.75, 3.05) is 18.4 Å². The molecule has 158 valence electrons. The number of piperidine rings is 1. The van der Waals surface area contributed by atoms with Crippen molar-refractivity contribution in [3.63, 3.8) is 0 Å². The molecule has 7 nitrogen and oxygen atoms in total. The second kappa shape index (κ2) is 8.37. The van der Waals surface area contributed by atoms with Crippen LogP contribution >= 0.6 is 11.3 Å². The van der Waals surface area contributed by atoms with Crippen LogP contribution in [-0.4, -0.2) is 41.0 Å². The molecule has 3 heterocycles. The van der Waals surface area contributed by atoms with Gasteiger partial charge in [-0.2, -0.15) is 4.31 Å². The van der Waals surface area contributed by atoms with Crippen LogP contribution in [-0.2, 0) is 10.0 Å². The molecule has 0 atom stereocenters. The predicted molar refractivity (Wildman–Crippen MR) is 114 cm³/mol. The lowest BCUT2D eigenvalue weighted by molar-refractivity contribution is 0.316. The average Bonchev–Trinajstić information content (AvgIpc) is 3.12. The van der Waals surface area contributed by atoms with Crippen molar-refractivity contribution in [1.29, 1.82) is 0 Å². The summed E-state index contributed by atoms with van der Waals surface area (Å²) in [6.45, 7) is 4.31. The number of anilines is 2. The number of halogens is 1. The van der Waals surface area contributed by atoms with Crippen LogP contribution < -0.4 is 5.32 Å². The first-order valence-electron chi connectivity index (χ1n) is 9.63. The molecule has 2 aromatic heterocycles. The number of nitrogens with zero attached hydrogens (tertiary/aromatic N) is 4. The zero-order valence-electron chi connectivity index (χ0n) is 16.7. The average molecular weight is 448 g/mol. The van der Waals surface area contributed by atoms with Gasteiger partial charge >= 0.3 is 0 Å². The van der Waals surface area contributed by atoms with Gasteiger partial charge in [0.15, 0.2) is 0 Å². The molecule has 0 saturated carbocycles. The van der Waals surface area contributed by atoms with Crippen molar-refractivity contribution >= 4 is 32.3 Å². The Morgan fingerprint density at radius 3 is 2.57 bits per heavy atom. The van der Waals surface area contributed by atoms with Crippen molar-refractivity contribution in [2.45, 2.75) is 37.5 Å². The summed E-state index contributed by atoms with van der Waals surface area (Å²) in [6, 6.07) is 9.56. The Morgan fingerprint density at radius 1 is 1.13 bits per heavy atom.